The number of aliphatic carboxylic acids is 1. The molecule has 0 unspecified atom stereocenters. The molecule has 2 heteroatoms. The van der Waals surface area contributed by atoms with Crippen molar-refractivity contribution in [3.8, 4) is 0 Å². The summed E-state index contributed by atoms with van der Waals surface area (Å²) in [7, 11) is 0. The van der Waals surface area contributed by atoms with E-state index in [1.54, 1.807) is 0 Å². The highest BCUT2D eigenvalue weighted by molar-refractivity contribution is 5.74. The highest BCUT2D eigenvalue weighted by atomic mass is 16.4. The Morgan fingerprint density at radius 2 is 1.63 bits per heavy atom. The summed E-state index contributed by atoms with van der Waals surface area (Å²) in [6.45, 7) is 6.88. The lowest BCUT2D eigenvalue weighted by Gasteiger charge is -2.42. The second-order valence-corrected chi connectivity index (χ2v) is 8.08. The van der Waals surface area contributed by atoms with E-state index in [1.165, 1.54) is 25.7 Å². The normalized spacial score (nSPS) is 33.5. The third kappa shape index (κ3) is 3.32. The fourth-order valence-corrected chi connectivity index (χ4v) is 4.31. The molecule has 2 fully saturated rings. The second kappa shape index (κ2) is 5.46. The molecule has 1 N–H and O–H groups in total. The van der Waals surface area contributed by atoms with Gasteiger partial charge in [0.25, 0.3) is 0 Å². The van der Waals surface area contributed by atoms with Gasteiger partial charge in [-0.2, -0.15) is 0 Å². The van der Waals surface area contributed by atoms with Gasteiger partial charge in [0.15, 0.2) is 0 Å². The quantitative estimate of drug-likeness (QED) is 0.791. The molecule has 19 heavy (non-hydrogen) atoms. The van der Waals surface area contributed by atoms with Gasteiger partial charge in [0.2, 0.25) is 0 Å². The Balaban J connectivity index is 2.00. The van der Waals surface area contributed by atoms with Crippen LogP contribution in [-0.2, 0) is 4.79 Å². The van der Waals surface area contributed by atoms with Crippen molar-refractivity contribution >= 4 is 5.97 Å². The van der Waals surface area contributed by atoms with Crippen LogP contribution in [0.5, 0.6) is 0 Å². The Kier molecular flexibility index (Phi) is 4.27. The Bertz CT molecular complexity index is 313. The van der Waals surface area contributed by atoms with E-state index >= 15 is 0 Å². The lowest BCUT2D eigenvalue weighted by Crippen LogP contribution is -2.39. The molecule has 2 aliphatic carbocycles. The molecule has 0 heterocycles. The van der Waals surface area contributed by atoms with Gasteiger partial charge in [0, 0.05) is 0 Å². The number of hydrogen-bond donors (Lipinski definition) is 1. The van der Waals surface area contributed by atoms with E-state index in [0.717, 1.165) is 32.1 Å². The van der Waals surface area contributed by atoms with Crippen LogP contribution in [0.1, 0.15) is 78.6 Å². The van der Waals surface area contributed by atoms with Crippen molar-refractivity contribution in [1.29, 1.82) is 0 Å². The standard InChI is InChI=1S/C17H30O2/c1-16(2,3)14-8-10-17(11-9-14,15(18)19)12-13-6-4-5-7-13/h13-14H,4-12H2,1-3H3,(H,18,19). The van der Waals surface area contributed by atoms with Crippen LogP contribution in [0.15, 0.2) is 0 Å². The predicted octanol–water partition coefficient (Wildman–Crippen LogP) is 4.87. The first-order chi connectivity index (χ1) is 8.83. The van der Waals surface area contributed by atoms with Gasteiger partial charge in [-0.3, -0.25) is 4.79 Å². The van der Waals surface area contributed by atoms with Crippen molar-refractivity contribution in [3.63, 3.8) is 0 Å². The van der Waals surface area contributed by atoms with Crippen LogP contribution < -0.4 is 0 Å². The summed E-state index contributed by atoms with van der Waals surface area (Å²) in [6.07, 6.45) is 10.1. The maximum atomic E-state index is 11.8. The second-order valence-electron chi connectivity index (χ2n) is 8.08. The SMILES string of the molecule is CC(C)(C)C1CCC(CC2CCCC2)(C(=O)O)CC1. The van der Waals surface area contributed by atoms with Crippen molar-refractivity contribution in [3.05, 3.63) is 0 Å². The number of carboxylic acid groups (broad SMARTS) is 1. The molecule has 2 rings (SSSR count). The minimum atomic E-state index is -0.522. The monoisotopic (exact) mass is 266 g/mol. The molecule has 2 saturated carbocycles. The number of carbonyl (C=O) groups is 1. The van der Waals surface area contributed by atoms with E-state index in [9.17, 15) is 9.90 Å². The van der Waals surface area contributed by atoms with Crippen LogP contribution in [0.3, 0.4) is 0 Å². The Hall–Kier alpha value is -0.530. The van der Waals surface area contributed by atoms with Gasteiger partial charge >= 0.3 is 5.97 Å². The molecule has 0 aromatic heterocycles. The molecule has 0 spiro atoms. The van der Waals surface area contributed by atoms with E-state index in [0.29, 0.717) is 17.3 Å². The first-order valence-corrected chi connectivity index (χ1v) is 8.07. The largest absolute Gasteiger partial charge is 0.481 e. The minimum Gasteiger partial charge on any atom is -0.481 e. The van der Waals surface area contributed by atoms with Crippen molar-refractivity contribution in [2.75, 3.05) is 0 Å². The molecule has 0 aromatic rings. The minimum absolute atomic E-state index is 0.331. The highest BCUT2D eigenvalue weighted by Crippen LogP contribution is 2.50. The maximum absolute atomic E-state index is 11.8. The van der Waals surface area contributed by atoms with Crippen LogP contribution in [0.2, 0.25) is 0 Å². The third-order valence-electron chi connectivity index (χ3n) is 5.78. The zero-order chi connectivity index (χ0) is 14.1. The van der Waals surface area contributed by atoms with Crippen molar-refractivity contribution < 1.29 is 9.90 Å². The molecule has 0 bridgehead atoms. The molecule has 2 nitrogen and oxygen atoms in total. The van der Waals surface area contributed by atoms with E-state index in [2.05, 4.69) is 20.8 Å². The average Bonchev–Trinajstić information content (AvgIpc) is 2.81. The van der Waals surface area contributed by atoms with Gasteiger partial charge < -0.3 is 5.11 Å². The van der Waals surface area contributed by atoms with Crippen molar-refractivity contribution in [2.24, 2.45) is 22.7 Å². The number of carboxylic acids is 1. The summed E-state index contributed by atoms with van der Waals surface area (Å²) in [6, 6.07) is 0. The third-order valence-corrected chi connectivity index (χ3v) is 5.78. The van der Waals surface area contributed by atoms with Gasteiger partial charge in [-0.1, -0.05) is 46.5 Å². The lowest BCUT2D eigenvalue weighted by atomic mass is 9.61. The van der Waals surface area contributed by atoms with Crippen LogP contribution in [0.4, 0.5) is 0 Å². The summed E-state index contributed by atoms with van der Waals surface area (Å²) in [5.74, 6) is 0.859. The van der Waals surface area contributed by atoms with E-state index in [4.69, 9.17) is 0 Å². The Labute approximate surface area is 118 Å². The fraction of sp³-hybridized carbons (Fsp3) is 0.941. The average molecular weight is 266 g/mol. The number of rotatable bonds is 3. The molecule has 2 aliphatic rings. The van der Waals surface area contributed by atoms with Gasteiger partial charge in [0.05, 0.1) is 5.41 Å². The molecule has 0 aliphatic heterocycles. The maximum Gasteiger partial charge on any atom is 0.309 e. The van der Waals surface area contributed by atoms with Crippen LogP contribution >= 0.6 is 0 Å². The van der Waals surface area contributed by atoms with Gasteiger partial charge in [-0.15, -0.1) is 0 Å². The molecule has 0 radical (unpaired) electrons. The van der Waals surface area contributed by atoms with Crippen LogP contribution in [0.25, 0.3) is 0 Å². The fourth-order valence-electron chi connectivity index (χ4n) is 4.31. The van der Waals surface area contributed by atoms with Crippen molar-refractivity contribution in [1.82, 2.24) is 0 Å². The molecule has 110 valence electrons. The first-order valence-electron chi connectivity index (χ1n) is 8.07. The first kappa shape index (κ1) is 14.9. The molecule has 0 atom stereocenters. The van der Waals surface area contributed by atoms with E-state index in [1.807, 2.05) is 0 Å². The van der Waals surface area contributed by atoms with Gasteiger partial charge in [-0.05, 0) is 49.4 Å². The zero-order valence-electron chi connectivity index (χ0n) is 12.9. The van der Waals surface area contributed by atoms with Gasteiger partial charge in [0.1, 0.15) is 0 Å². The smallest absolute Gasteiger partial charge is 0.309 e. The molecule has 0 saturated heterocycles. The topological polar surface area (TPSA) is 37.3 Å². The summed E-state index contributed by atoms with van der Waals surface area (Å²) in [5.41, 5.74) is -0.0607. The highest BCUT2D eigenvalue weighted by Gasteiger charge is 2.45. The van der Waals surface area contributed by atoms with E-state index < -0.39 is 11.4 Å². The zero-order valence-corrected chi connectivity index (χ0v) is 12.9. The summed E-state index contributed by atoms with van der Waals surface area (Å²) >= 11 is 0. The Morgan fingerprint density at radius 1 is 1.11 bits per heavy atom. The summed E-state index contributed by atoms with van der Waals surface area (Å²) in [5, 5.41) is 9.74. The lowest BCUT2D eigenvalue weighted by molar-refractivity contribution is -0.153. The van der Waals surface area contributed by atoms with Gasteiger partial charge in [-0.25, -0.2) is 0 Å². The summed E-state index contributed by atoms with van der Waals surface area (Å²) < 4.78 is 0. The Morgan fingerprint density at radius 3 is 2.05 bits per heavy atom. The molecular formula is C17H30O2. The molecular weight excluding hydrogens is 236 g/mol. The van der Waals surface area contributed by atoms with Crippen molar-refractivity contribution in [2.45, 2.75) is 78.6 Å². The predicted molar refractivity (Wildman–Crippen MR) is 78.1 cm³/mol. The van der Waals surface area contributed by atoms with Crippen LogP contribution in [0, 0.1) is 22.7 Å². The van der Waals surface area contributed by atoms with E-state index in [-0.39, 0.29) is 0 Å². The summed E-state index contributed by atoms with van der Waals surface area (Å²) in [4.78, 5) is 11.8. The molecule has 0 aromatic carbocycles. The van der Waals surface area contributed by atoms with Crippen LogP contribution in [-0.4, -0.2) is 11.1 Å². The molecule has 0 amide bonds. The number of hydrogen-bond acceptors (Lipinski definition) is 1.